The third-order valence-corrected chi connectivity index (χ3v) is 2.58. The largest absolute Gasteiger partial charge is 0.480 e. The van der Waals surface area contributed by atoms with Gasteiger partial charge in [-0.2, -0.15) is 0 Å². The summed E-state index contributed by atoms with van der Waals surface area (Å²) in [4.78, 5) is 10.9. The van der Waals surface area contributed by atoms with Gasteiger partial charge in [0.05, 0.1) is 0 Å². The molecule has 4 heteroatoms. The topological polar surface area (TPSA) is 49.3 Å². The number of carboxylic acids is 1. The van der Waals surface area contributed by atoms with Gasteiger partial charge in [0.1, 0.15) is 6.04 Å². The first-order valence-electron chi connectivity index (χ1n) is 5.21. The van der Waals surface area contributed by atoms with E-state index < -0.39 is 12.0 Å². The molecule has 0 saturated carbocycles. The zero-order chi connectivity index (χ0) is 12.1. The molecule has 16 heavy (non-hydrogen) atoms. The van der Waals surface area contributed by atoms with Gasteiger partial charge in [-0.1, -0.05) is 37.6 Å². The van der Waals surface area contributed by atoms with Crippen LogP contribution in [0.1, 0.15) is 19.4 Å². The molecule has 0 aromatic heterocycles. The van der Waals surface area contributed by atoms with E-state index in [1.807, 2.05) is 32.0 Å². The van der Waals surface area contributed by atoms with E-state index in [2.05, 4.69) is 5.32 Å². The zero-order valence-electron chi connectivity index (χ0n) is 9.40. The molecule has 0 aliphatic heterocycles. The van der Waals surface area contributed by atoms with Crippen molar-refractivity contribution in [2.75, 3.05) is 0 Å². The average Bonchev–Trinajstić information content (AvgIpc) is 2.16. The van der Waals surface area contributed by atoms with Crippen molar-refractivity contribution in [1.29, 1.82) is 0 Å². The summed E-state index contributed by atoms with van der Waals surface area (Å²) < 4.78 is 0. The van der Waals surface area contributed by atoms with E-state index in [0.29, 0.717) is 11.6 Å². The predicted octanol–water partition coefficient (Wildman–Crippen LogP) is 2.54. The highest BCUT2D eigenvalue weighted by atomic mass is 35.5. The summed E-state index contributed by atoms with van der Waals surface area (Å²) in [5.74, 6) is -0.770. The van der Waals surface area contributed by atoms with Crippen LogP contribution in [-0.4, -0.2) is 17.1 Å². The van der Waals surface area contributed by atoms with Crippen LogP contribution in [0.25, 0.3) is 0 Å². The molecule has 1 aromatic rings. The van der Waals surface area contributed by atoms with Gasteiger partial charge in [0.15, 0.2) is 0 Å². The first-order chi connectivity index (χ1) is 7.50. The minimum absolute atomic E-state index is 0.0525. The van der Waals surface area contributed by atoms with Gasteiger partial charge in [0.2, 0.25) is 0 Å². The molecular weight excluding hydrogens is 226 g/mol. The molecule has 0 amide bonds. The lowest BCUT2D eigenvalue weighted by Crippen LogP contribution is -2.40. The number of halogens is 1. The number of nitrogens with one attached hydrogen (secondary N) is 1. The lowest BCUT2D eigenvalue weighted by atomic mass is 10.0. The molecule has 0 bridgehead atoms. The Hall–Kier alpha value is -1.06. The van der Waals surface area contributed by atoms with Crippen LogP contribution in [0, 0.1) is 5.92 Å². The van der Waals surface area contributed by atoms with E-state index in [0.717, 1.165) is 5.56 Å². The van der Waals surface area contributed by atoms with Gasteiger partial charge in [-0.25, -0.2) is 0 Å². The van der Waals surface area contributed by atoms with Crippen LogP contribution in [0.2, 0.25) is 5.02 Å². The van der Waals surface area contributed by atoms with E-state index in [9.17, 15) is 4.79 Å². The Labute approximate surface area is 100 Å². The van der Waals surface area contributed by atoms with E-state index in [-0.39, 0.29) is 5.92 Å². The normalized spacial score (nSPS) is 12.8. The van der Waals surface area contributed by atoms with E-state index in [4.69, 9.17) is 16.7 Å². The number of carboxylic acid groups (broad SMARTS) is 1. The summed E-state index contributed by atoms with van der Waals surface area (Å²) in [6.45, 7) is 4.27. The van der Waals surface area contributed by atoms with E-state index >= 15 is 0 Å². The van der Waals surface area contributed by atoms with Crippen molar-refractivity contribution in [2.24, 2.45) is 5.92 Å². The maximum atomic E-state index is 10.9. The number of benzene rings is 1. The summed E-state index contributed by atoms with van der Waals surface area (Å²) in [6.07, 6.45) is 0. The van der Waals surface area contributed by atoms with Crippen LogP contribution in [0.4, 0.5) is 0 Å². The monoisotopic (exact) mass is 241 g/mol. The maximum absolute atomic E-state index is 10.9. The molecule has 1 aromatic carbocycles. The first kappa shape index (κ1) is 13.0. The van der Waals surface area contributed by atoms with Gasteiger partial charge in [-0.05, 0) is 23.6 Å². The van der Waals surface area contributed by atoms with Crippen molar-refractivity contribution < 1.29 is 9.90 Å². The molecule has 0 aliphatic carbocycles. The Balaban J connectivity index is 2.59. The Kier molecular flexibility index (Phi) is 4.77. The van der Waals surface area contributed by atoms with Gasteiger partial charge in [0, 0.05) is 11.6 Å². The minimum atomic E-state index is -0.822. The fourth-order valence-corrected chi connectivity index (χ4v) is 1.70. The Morgan fingerprint density at radius 1 is 1.50 bits per heavy atom. The van der Waals surface area contributed by atoms with Crippen LogP contribution in [0.5, 0.6) is 0 Å². The molecule has 0 spiro atoms. The summed E-state index contributed by atoms with van der Waals surface area (Å²) in [5, 5.41) is 12.7. The summed E-state index contributed by atoms with van der Waals surface area (Å²) >= 11 is 5.84. The standard InChI is InChI=1S/C12H16ClNO2/c1-8(2)11(12(15)16)14-7-9-4-3-5-10(13)6-9/h3-6,8,11,14H,7H2,1-2H3,(H,15,16)/t11-/m0/s1. The van der Waals surface area contributed by atoms with Gasteiger partial charge >= 0.3 is 5.97 Å². The summed E-state index contributed by atoms with van der Waals surface area (Å²) in [5.41, 5.74) is 0.986. The third kappa shape index (κ3) is 3.83. The fraction of sp³-hybridized carbons (Fsp3) is 0.417. The zero-order valence-corrected chi connectivity index (χ0v) is 10.2. The molecule has 0 heterocycles. The molecule has 1 atom stereocenters. The molecule has 88 valence electrons. The Morgan fingerprint density at radius 2 is 2.19 bits per heavy atom. The molecular formula is C12H16ClNO2. The van der Waals surface area contributed by atoms with Crippen LogP contribution >= 0.6 is 11.6 Å². The highest BCUT2D eigenvalue weighted by molar-refractivity contribution is 6.30. The number of aliphatic carboxylic acids is 1. The van der Waals surface area contributed by atoms with Gasteiger partial charge in [-0.15, -0.1) is 0 Å². The second-order valence-corrected chi connectivity index (χ2v) is 4.51. The van der Waals surface area contributed by atoms with Crippen molar-refractivity contribution in [3.63, 3.8) is 0 Å². The molecule has 3 nitrogen and oxygen atoms in total. The van der Waals surface area contributed by atoms with Crippen molar-refractivity contribution >= 4 is 17.6 Å². The highest BCUT2D eigenvalue weighted by Gasteiger charge is 2.20. The van der Waals surface area contributed by atoms with E-state index in [1.165, 1.54) is 0 Å². The minimum Gasteiger partial charge on any atom is -0.480 e. The first-order valence-corrected chi connectivity index (χ1v) is 5.59. The number of hydrogen-bond donors (Lipinski definition) is 2. The average molecular weight is 242 g/mol. The lowest BCUT2D eigenvalue weighted by Gasteiger charge is -2.17. The van der Waals surface area contributed by atoms with Crippen LogP contribution in [-0.2, 0) is 11.3 Å². The summed E-state index contributed by atoms with van der Waals surface area (Å²) in [6, 6.07) is 6.86. The molecule has 2 N–H and O–H groups in total. The van der Waals surface area contributed by atoms with Crippen LogP contribution in [0.3, 0.4) is 0 Å². The molecule has 0 fully saturated rings. The van der Waals surface area contributed by atoms with Crippen molar-refractivity contribution in [1.82, 2.24) is 5.32 Å². The maximum Gasteiger partial charge on any atom is 0.320 e. The Morgan fingerprint density at radius 3 is 2.69 bits per heavy atom. The van der Waals surface area contributed by atoms with Gasteiger partial charge in [-0.3, -0.25) is 4.79 Å². The number of carbonyl (C=O) groups is 1. The Bertz CT molecular complexity index is 366. The second kappa shape index (κ2) is 5.87. The quantitative estimate of drug-likeness (QED) is 0.833. The highest BCUT2D eigenvalue weighted by Crippen LogP contribution is 2.11. The van der Waals surface area contributed by atoms with Crippen molar-refractivity contribution in [2.45, 2.75) is 26.4 Å². The molecule has 1 rings (SSSR count). The van der Waals surface area contributed by atoms with Gasteiger partial charge < -0.3 is 10.4 Å². The predicted molar refractivity (Wildman–Crippen MR) is 64.6 cm³/mol. The molecule has 0 aliphatic rings. The van der Waals surface area contributed by atoms with E-state index in [1.54, 1.807) is 6.07 Å². The van der Waals surface area contributed by atoms with Crippen LogP contribution < -0.4 is 5.32 Å². The van der Waals surface area contributed by atoms with Gasteiger partial charge in [0.25, 0.3) is 0 Å². The summed E-state index contributed by atoms with van der Waals surface area (Å²) in [7, 11) is 0. The molecule has 0 radical (unpaired) electrons. The van der Waals surface area contributed by atoms with Crippen molar-refractivity contribution in [3.05, 3.63) is 34.9 Å². The SMILES string of the molecule is CC(C)[C@H](NCc1cccc(Cl)c1)C(=O)O. The van der Waals surface area contributed by atoms with Crippen molar-refractivity contribution in [3.8, 4) is 0 Å². The smallest absolute Gasteiger partial charge is 0.320 e. The number of hydrogen-bond acceptors (Lipinski definition) is 2. The van der Waals surface area contributed by atoms with Crippen LogP contribution in [0.15, 0.2) is 24.3 Å². The lowest BCUT2D eigenvalue weighted by molar-refractivity contribution is -0.140. The second-order valence-electron chi connectivity index (χ2n) is 4.07. The fourth-order valence-electron chi connectivity index (χ4n) is 1.48. The molecule has 0 unspecified atom stereocenters. The third-order valence-electron chi connectivity index (χ3n) is 2.35. The molecule has 0 saturated heterocycles. The number of rotatable bonds is 5.